The molecule has 1 aliphatic rings. The van der Waals surface area contributed by atoms with E-state index in [1.54, 1.807) is 11.3 Å². The SMILES string of the molecule is CCC1CCCC(C(=O)Cc2cc(Br)cs2)C1. The molecule has 1 aliphatic carbocycles. The third kappa shape index (κ3) is 3.65. The molecule has 1 saturated carbocycles. The summed E-state index contributed by atoms with van der Waals surface area (Å²) in [5.74, 6) is 1.57. The van der Waals surface area contributed by atoms with Crippen molar-refractivity contribution in [1.29, 1.82) is 0 Å². The molecule has 1 aromatic heterocycles. The van der Waals surface area contributed by atoms with E-state index in [2.05, 4.69) is 34.3 Å². The van der Waals surface area contributed by atoms with Gasteiger partial charge in [0.2, 0.25) is 0 Å². The second-order valence-electron chi connectivity index (χ2n) is 5.01. The first-order valence-electron chi connectivity index (χ1n) is 6.44. The number of thiophene rings is 1. The Kier molecular flexibility index (Phi) is 4.80. The number of halogens is 1. The number of hydrogen-bond donors (Lipinski definition) is 0. The smallest absolute Gasteiger partial charge is 0.141 e. The molecule has 3 heteroatoms. The molecule has 1 heterocycles. The Morgan fingerprint density at radius 2 is 2.35 bits per heavy atom. The highest BCUT2D eigenvalue weighted by atomic mass is 79.9. The molecule has 1 nitrogen and oxygen atoms in total. The largest absolute Gasteiger partial charge is 0.299 e. The third-order valence-electron chi connectivity index (χ3n) is 3.79. The van der Waals surface area contributed by atoms with Gasteiger partial charge in [-0.15, -0.1) is 11.3 Å². The molecular formula is C14H19BrOS. The van der Waals surface area contributed by atoms with Crippen molar-refractivity contribution in [3.05, 3.63) is 20.8 Å². The summed E-state index contributed by atoms with van der Waals surface area (Å²) in [7, 11) is 0. The van der Waals surface area contributed by atoms with E-state index < -0.39 is 0 Å². The van der Waals surface area contributed by atoms with Gasteiger partial charge in [-0.2, -0.15) is 0 Å². The van der Waals surface area contributed by atoms with Crippen molar-refractivity contribution in [2.75, 3.05) is 0 Å². The molecule has 0 saturated heterocycles. The van der Waals surface area contributed by atoms with Crippen molar-refractivity contribution >= 4 is 33.0 Å². The molecule has 2 atom stereocenters. The third-order valence-corrected chi connectivity index (χ3v) is 5.48. The lowest BCUT2D eigenvalue weighted by Gasteiger charge is -2.27. The number of carbonyl (C=O) groups is 1. The van der Waals surface area contributed by atoms with Crippen molar-refractivity contribution in [2.45, 2.75) is 45.4 Å². The molecule has 2 unspecified atom stereocenters. The zero-order valence-electron chi connectivity index (χ0n) is 10.2. The van der Waals surface area contributed by atoms with Gasteiger partial charge in [-0.25, -0.2) is 0 Å². The Labute approximate surface area is 116 Å². The zero-order valence-corrected chi connectivity index (χ0v) is 12.6. The molecule has 0 radical (unpaired) electrons. The van der Waals surface area contributed by atoms with Gasteiger partial charge >= 0.3 is 0 Å². The number of Topliss-reactive ketones (excluding diaryl/α,β-unsaturated/α-hetero) is 1. The maximum absolute atomic E-state index is 12.2. The molecular weight excluding hydrogens is 296 g/mol. The van der Waals surface area contributed by atoms with Gasteiger partial charge in [0.05, 0.1) is 0 Å². The summed E-state index contributed by atoms with van der Waals surface area (Å²) >= 11 is 5.12. The predicted molar refractivity (Wildman–Crippen MR) is 76.5 cm³/mol. The summed E-state index contributed by atoms with van der Waals surface area (Å²) in [6.45, 7) is 2.24. The summed E-state index contributed by atoms with van der Waals surface area (Å²) < 4.78 is 1.10. The molecule has 0 spiro atoms. The summed E-state index contributed by atoms with van der Waals surface area (Å²) in [6, 6.07) is 2.07. The van der Waals surface area contributed by atoms with Gasteiger partial charge in [0.15, 0.2) is 0 Å². The van der Waals surface area contributed by atoms with Crippen molar-refractivity contribution < 1.29 is 4.79 Å². The van der Waals surface area contributed by atoms with Gasteiger partial charge in [-0.1, -0.05) is 26.2 Å². The molecule has 0 amide bonds. The highest BCUT2D eigenvalue weighted by Crippen LogP contribution is 2.32. The van der Waals surface area contributed by atoms with Crippen molar-refractivity contribution in [3.63, 3.8) is 0 Å². The molecule has 1 aromatic rings. The maximum Gasteiger partial charge on any atom is 0.141 e. The Bertz CT molecular complexity index is 385. The Balaban J connectivity index is 1.91. The topological polar surface area (TPSA) is 17.1 Å². The van der Waals surface area contributed by atoms with Crippen LogP contribution in [0.4, 0.5) is 0 Å². The lowest BCUT2D eigenvalue weighted by molar-refractivity contribution is -0.123. The Hall–Kier alpha value is -0.150. The number of ketones is 1. The quantitative estimate of drug-likeness (QED) is 0.777. The number of carbonyl (C=O) groups excluding carboxylic acids is 1. The van der Waals surface area contributed by atoms with E-state index in [0.717, 1.165) is 23.2 Å². The van der Waals surface area contributed by atoms with Gasteiger partial charge in [0.25, 0.3) is 0 Å². The Morgan fingerprint density at radius 1 is 1.53 bits per heavy atom. The van der Waals surface area contributed by atoms with Crippen LogP contribution in [0.25, 0.3) is 0 Å². The molecule has 17 heavy (non-hydrogen) atoms. The molecule has 0 aromatic carbocycles. The summed E-state index contributed by atoms with van der Waals surface area (Å²) in [5.41, 5.74) is 0. The summed E-state index contributed by atoms with van der Waals surface area (Å²) in [6.07, 6.45) is 6.67. The van der Waals surface area contributed by atoms with Crippen LogP contribution in [0.1, 0.15) is 43.9 Å². The molecule has 94 valence electrons. The van der Waals surface area contributed by atoms with Crippen LogP contribution in [0.3, 0.4) is 0 Å². The fourth-order valence-electron chi connectivity index (χ4n) is 2.72. The first kappa shape index (κ1) is 13.3. The monoisotopic (exact) mass is 314 g/mol. The van der Waals surface area contributed by atoms with Gasteiger partial charge < -0.3 is 0 Å². The van der Waals surface area contributed by atoms with Crippen LogP contribution in [-0.4, -0.2) is 5.78 Å². The first-order valence-corrected chi connectivity index (χ1v) is 8.12. The van der Waals surface area contributed by atoms with E-state index in [1.165, 1.54) is 24.1 Å². The summed E-state index contributed by atoms with van der Waals surface area (Å²) in [5, 5.41) is 2.05. The fourth-order valence-corrected chi connectivity index (χ4v) is 4.18. The van der Waals surface area contributed by atoms with Crippen LogP contribution in [-0.2, 0) is 11.2 Å². The minimum absolute atomic E-state index is 0.328. The van der Waals surface area contributed by atoms with E-state index in [1.807, 2.05) is 0 Å². The van der Waals surface area contributed by atoms with Crippen LogP contribution < -0.4 is 0 Å². The molecule has 1 fully saturated rings. The highest BCUT2D eigenvalue weighted by Gasteiger charge is 2.26. The van der Waals surface area contributed by atoms with E-state index in [4.69, 9.17) is 0 Å². The van der Waals surface area contributed by atoms with E-state index in [9.17, 15) is 4.79 Å². The highest BCUT2D eigenvalue weighted by molar-refractivity contribution is 9.10. The normalized spacial score (nSPS) is 24.8. The van der Waals surface area contributed by atoms with Crippen LogP contribution in [0.2, 0.25) is 0 Å². The lowest BCUT2D eigenvalue weighted by atomic mass is 9.77. The molecule has 0 aliphatic heterocycles. The standard InChI is InChI=1S/C14H19BrOS/c1-2-10-4-3-5-11(6-10)14(16)8-13-7-12(15)9-17-13/h7,9-11H,2-6,8H2,1H3. The second-order valence-corrected chi connectivity index (χ2v) is 6.92. The minimum Gasteiger partial charge on any atom is -0.299 e. The van der Waals surface area contributed by atoms with Gasteiger partial charge in [-0.05, 0) is 40.8 Å². The predicted octanol–water partition coefficient (Wildman–Crippen LogP) is 4.84. The molecule has 0 bridgehead atoms. The van der Waals surface area contributed by atoms with Gasteiger partial charge in [0, 0.05) is 27.1 Å². The first-order chi connectivity index (χ1) is 8.19. The average Bonchev–Trinajstić information content (AvgIpc) is 2.75. The van der Waals surface area contributed by atoms with E-state index in [0.29, 0.717) is 18.1 Å². The van der Waals surface area contributed by atoms with Crippen LogP contribution >= 0.6 is 27.3 Å². The molecule has 0 N–H and O–H groups in total. The maximum atomic E-state index is 12.2. The Morgan fingerprint density at radius 3 is 3.00 bits per heavy atom. The van der Waals surface area contributed by atoms with Crippen LogP contribution in [0.5, 0.6) is 0 Å². The second kappa shape index (κ2) is 6.14. The van der Waals surface area contributed by atoms with Crippen molar-refractivity contribution in [3.8, 4) is 0 Å². The van der Waals surface area contributed by atoms with Crippen LogP contribution in [0, 0.1) is 11.8 Å². The lowest BCUT2D eigenvalue weighted by Crippen LogP contribution is -2.23. The minimum atomic E-state index is 0.328. The van der Waals surface area contributed by atoms with Gasteiger partial charge in [0.1, 0.15) is 5.78 Å². The van der Waals surface area contributed by atoms with Gasteiger partial charge in [-0.3, -0.25) is 4.79 Å². The van der Waals surface area contributed by atoms with Crippen molar-refractivity contribution in [1.82, 2.24) is 0 Å². The van der Waals surface area contributed by atoms with E-state index >= 15 is 0 Å². The average molecular weight is 315 g/mol. The fraction of sp³-hybridized carbons (Fsp3) is 0.643. The number of rotatable bonds is 4. The van der Waals surface area contributed by atoms with Crippen molar-refractivity contribution in [2.24, 2.45) is 11.8 Å². The molecule has 2 rings (SSSR count). The zero-order chi connectivity index (χ0) is 12.3. The number of hydrogen-bond acceptors (Lipinski definition) is 2. The summed E-state index contributed by atoms with van der Waals surface area (Å²) in [4.78, 5) is 13.4. The van der Waals surface area contributed by atoms with Crippen LogP contribution in [0.15, 0.2) is 15.9 Å². The van der Waals surface area contributed by atoms with E-state index in [-0.39, 0.29) is 0 Å².